The Hall–Kier alpha value is -3.14. The van der Waals surface area contributed by atoms with Gasteiger partial charge in [-0.1, -0.05) is 19.9 Å². The molecule has 0 aliphatic rings. The van der Waals surface area contributed by atoms with E-state index in [1.54, 1.807) is 19.9 Å². The van der Waals surface area contributed by atoms with Gasteiger partial charge in [-0.3, -0.25) is 14.4 Å². The normalized spacial score (nSPS) is 13.6. The molecule has 178 valence electrons. The van der Waals surface area contributed by atoms with E-state index in [-0.39, 0.29) is 36.5 Å². The average molecular weight is 453 g/mol. The second-order valence-electron chi connectivity index (χ2n) is 7.72. The molecule has 0 radical (unpaired) electrons. The summed E-state index contributed by atoms with van der Waals surface area (Å²) in [7, 11) is 0. The Balaban J connectivity index is 2.78. The van der Waals surface area contributed by atoms with Gasteiger partial charge in [-0.25, -0.2) is 4.79 Å². The van der Waals surface area contributed by atoms with Crippen molar-refractivity contribution in [2.45, 2.75) is 66.2 Å². The molecule has 0 saturated heterocycles. The van der Waals surface area contributed by atoms with Gasteiger partial charge in [-0.05, 0) is 43.9 Å². The van der Waals surface area contributed by atoms with Crippen LogP contribution in [-0.4, -0.2) is 54.0 Å². The second-order valence-corrected chi connectivity index (χ2v) is 7.72. The van der Waals surface area contributed by atoms with Gasteiger partial charge in [-0.15, -0.1) is 0 Å². The number of nitrogens with one attached hydrogen (secondary N) is 1. The lowest BCUT2D eigenvalue weighted by molar-refractivity contribution is -0.139. The fraction of sp³-hybridized carbons (Fsp3) is 0.545. The molecule has 0 aliphatic heterocycles. The standard InChI is InChI=1S/C22H31NO9/c1-12(2)14(4)30-22(28)29-13(3)11-23-18(21(26)27)9-17-7-8-19(31-15(5)24)20(10-17)32-16(6)25/h7-8,10,12-14,18,23H,9,11H2,1-6H3,(H,26,27)/t13?,14?,18-/m0/s1. The fourth-order valence-corrected chi connectivity index (χ4v) is 2.47. The number of benzene rings is 1. The number of ether oxygens (including phenoxy) is 4. The highest BCUT2D eigenvalue weighted by molar-refractivity contribution is 5.75. The highest BCUT2D eigenvalue weighted by Crippen LogP contribution is 2.29. The molecule has 1 aromatic carbocycles. The van der Waals surface area contributed by atoms with Gasteiger partial charge in [0.15, 0.2) is 11.5 Å². The van der Waals surface area contributed by atoms with Crippen LogP contribution in [0.25, 0.3) is 0 Å². The van der Waals surface area contributed by atoms with Gasteiger partial charge >= 0.3 is 24.1 Å². The maximum Gasteiger partial charge on any atom is 0.508 e. The predicted octanol–water partition coefficient (Wildman–Crippen LogP) is 2.71. The molecule has 0 saturated carbocycles. The number of carbonyl (C=O) groups excluding carboxylic acids is 3. The molecule has 0 spiro atoms. The smallest absolute Gasteiger partial charge is 0.480 e. The highest BCUT2D eigenvalue weighted by Gasteiger charge is 2.22. The van der Waals surface area contributed by atoms with Crippen molar-refractivity contribution in [3.05, 3.63) is 23.8 Å². The average Bonchev–Trinajstić information content (AvgIpc) is 2.65. The van der Waals surface area contributed by atoms with E-state index in [9.17, 15) is 24.3 Å². The number of rotatable bonds is 11. The summed E-state index contributed by atoms with van der Waals surface area (Å²) in [6, 6.07) is 3.40. The first kappa shape index (κ1) is 26.9. The summed E-state index contributed by atoms with van der Waals surface area (Å²) in [6.45, 7) is 9.66. The first-order valence-corrected chi connectivity index (χ1v) is 10.2. The van der Waals surface area contributed by atoms with Crippen LogP contribution in [0, 0.1) is 5.92 Å². The monoisotopic (exact) mass is 453 g/mol. The summed E-state index contributed by atoms with van der Waals surface area (Å²) < 4.78 is 20.3. The first-order chi connectivity index (χ1) is 14.9. The van der Waals surface area contributed by atoms with Crippen LogP contribution in [-0.2, 0) is 30.3 Å². The number of hydrogen-bond donors (Lipinski definition) is 2. The largest absolute Gasteiger partial charge is 0.508 e. The minimum Gasteiger partial charge on any atom is -0.480 e. The lowest BCUT2D eigenvalue weighted by Crippen LogP contribution is -2.43. The molecular formula is C22H31NO9. The summed E-state index contributed by atoms with van der Waals surface area (Å²) in [6.07, 6.45) is -1.73. The van der Waals surface area contributed by atoms with E-state index >= 15 is 0 Å². The van der Waals surface area contributed by atoms with Crippen molar-refractivity contribution in [1.29, 1.82) is 0 Å². The molecule has 0 heterocycles. The Kier molecular flexibility index (Phi) is 10.6. The first-order valence-electron chi connectivity index (χ1n) is 10.2. The van der Waals surface area contributed by atoms with Crippen LogP contribution in [0.4, 0.5) is 4.79 Å². The molecule has 3 atom stereocenters. The lowest BCUT2D eigenvalue weighted by Gasteiger charge is -2.21. The van der Waals surface area contributed by atoms with E-state index in [0.717, 1.165) is 0 Å². The zero-order valence-electron chi connectivity index (χ0n) is 19.2. The van der Waals surface area contributed by atoms with Crippen LogP contribution in [0.5, 0.6) is 11.5 Å². The minimum atomic E-state index is -1.12. The van der Waals surface area contributed by atoms with Crippen LogP contribution < -0.4 is 14.8 Å². The van der Waals surface area contributed by atoms with E-state index in [0.29, 0.717) is 5.56 Å². The molecule has 0 bridgehead atoms. The third-order valence-corrected chi connectivity index (χ3v) is 4.42. The third-order valence-electron chi connectivity index (χ3n) is 4.42. The zero-order chi connectivity index (χ0) is 24.4. The van der Waals surface area contributed by atoms with Gasteiger partial charge < -0.3 is 29.4 Å². The van der Waals surface area contributed by atoms with Gasteiger partial charge in [0.05, 0.1) is 0 Å². The van der Waals surface area contributed by atoms with Crippen LogP contribution in [0.15, 0.2) is 18.2 Å². The maximum atomic E-state index is 11.8. The third kappa shape index (κ3) is 9.78. The molecular weight excluding hydrogens is 422 g/mol. The Morgan fingerprint density at radius 1 is 0.938 bits per heavy atom. The molecule has 32 heavy (non-hydrogen) atoms. The highest BCUT2D eigenvalue weighted by atomic mass is 16.7. The van der Waals surface area contributed by atoms with Crippen molar-refractivity contribution in [3.8, 4) is 11.5 Å². The molecule has 1 aromatic rings. The van der Waals surface area contributed by atoms with Crippen LogP contribution in [0.1, 0.15) is 47.1 Å². The molecule has 0 fully saturated rings. The Bertz CT molecular complexity index is 822. The van der Waals surface area contributed by atoms with E-state index in [4.69, 9.17) is 18.9 Å². The maximum absolute atomic E-state index is 11.8. The SMILES string of the molecule is CC(=O)Oc1ccc(C[C@H](NCC(C)OC(=O)OC(C)C(C)C)C(=O)O)cc1OC(C)=O. The molecule has 2 unspecified atom stereocenters. The number of hydrogen-bond acceptors (Lipinski definition) is 9. The van der Waals surface area contributed by atoms with Gasteiger partial charge in [0.25, 0.3) is 0 Å². The van der Waals surface area contributed by atoms with Crippen molar-refractivity contribution in [2.75, 3.05) is 6.54 Å². The van der Waals surface area contributed by atoms with E-state index < -0.39 is 36.2 Å². The van der Waals surface area contributed by atoms with E-state index in [2.05, 4.69) is 5.32 Å². The van der Waals surface area contributed by atoms with Crippen molar-refractivity contribution in [1.82, 2.24) is 5.32 Å². The Morgan fingerprint density at radius 3 is 2.06 bits per heavy atom. The molecule has 0 aromatic heterocycles. The molecule has 1 rings (SSSR count). The molecule has 2 N–H and O–H groups in total. The summed E-state index contributed by atoms with van der Waals surface area (Å²) in [5.41, 5.74) is 0.524. The number of carbonyl (C=O) groups is 4. The van der Waals surface area contributed by atoms with Gasteiger partial charge in [-0.2, -0.15) is 0 Å². The number of carboxylic acid groups (broad SMARTS) is 1. The minimum absolute atomic E-state index is 0.00746. The molecule has 0 amide bonds. The fourth-order valence-electron chi connectivity index (χ4n) is 2.47. The van der Waals surface area contributed by atoms with Gasteiger partial charge in [0, 0.05) is 20.4 Å². The van der Waals surface area contributed by atoms with E-state index in [1.807, 2.05) is 13.8 Å². The molecule has 10 heteroatoms. The van der Waals surface area contributed by atoms with Crippen LogP contribution >= 0.6 is 0 Å². The Morgan fingerprint density at radius 2 is 1.53 bits per heavy atom. The van der Waals surface area contributed by atoms with Gasteiger partial charge in [0.2, 0.25) is 0 Å². The number of carboxylic acids is 1. The Labute approximate surface area is 187 Å². The number of aliphatic carboxylic acids is 1. The van der Waals surface area contributed by atoms with E-state index in [1.165, 1.54) is 26.0 Å². The van der Waals surface area contributed by atoms with Gasteiger partial charge in [0.1, 0.15) is 18.2 Å². The summed E-state index contributed by atoms with van der Waals surface area (Å²) >= 11 is 0. The predicted molar refractivity (Wildman–Crippen MR) is 114 cm³/mol. The summed E-state index contributed by atoms with van der Waals surface area (Å²) in [4.78, 5) is 46.1. The topological polar surface area (TPSA) is 137 Å². The van der Waals surface area contributed by atoms with Crippen molar-refractivity contribution in [3.63, 3.8) is 0 Å². The zero-order valence-corrected chi connectivity index (χ0v) is 19.2. The van der Waals surface area contributed by atoms with Crippen molar-refractivity contribution < 1.29 is 43.2 Å². The summed E-state index contributed by atoms with van der Waals surface area (Å²) in [5.74, 6) is -2.14. The second kappa shape index (κ2) is 12.7. The quantitative estimate of drug-likeness (QED) is 0.380. The number of esters is 2. The summed E-state index contributed by atoms with van der Waals surface area (Å²) in [5, 5.41) is 12.4. The molecule has 0 aliphatic carbocycles. The lowest BCUT2D eigenvalue weighted by atomic mass is 10.0. The van der Waals surface area contributed by atoms with Crippen molar-refractivity contribution >= 4 is 24.1 Å². The van der Waals surface area contributed by atoms with Crippen molar-refractivity contribution in [2.24, 2.45) is 5.92 Å². The molecule has 10 nitrogen and oxygen atoms in total. The van der Waals surface area contributed by atoms with Crippen LogP contribution in [0.2, 0.25) is 0 Å². The van der Waals surface area contributed by atoms with Crippen LogP contribution in [0.3, 0.4) is 0 Å².